The highest BCUT2D eigenvalue weighted by atomic mass is 16.4. The number of carboxylic acids is 1. The van der Waals surface area contributed by atoms with Crippen LogP contribution in [-0.2, 0) is 14.4 Å². The number of aliphatic carboxylic acids is 1. The predicted octanol–water partition coefficient (Wildman–Crippen LogP) is -1.67. The normalized spacial score (nSPS) is 22.8. The minimum absolute atomic E-state index is 0.0995. The van der Waals surface area contributed by atoms with Crippen molar-refractivity contribution in [2.24, 2.45) is 0 Å². The Morgan fingerprint density at radius 1 is 1.47 bits per heavy atom. The van der Waals surface area contributed by atoms with Gasteiger partial charge in [-0.2, -0.15) is 0 Å². The van der Waals surface area contributed by atoms with Crippen LogP contribution in [0.15, 0.2) is 0 Å². The summed E-state index contributed by atoms with van der Waals surface area (Å²) in [6.07, 6.45) is 0.769. The molecule has 0 aromatic heterocycles. The summed E-state index contributed by atoms with van der Waals surface area (Å²) in [7, 11) is 1.69. The summed E-state index contributed by atoms with van der Waals surface area (Å²) in [5.74, 6) is -1.02. The Morgan fingerprint density at radius 3 is 2.29 bits per heavy atom. The van der Waals surface area contributed by atoms with Crippen LogP contribution >= 0.6 is 0 Å². The fourth-order valence-electron chi connectivity index (χ4n) is 1.36. The van der Waals surface area contributed by atoms with E-state index in [-0.39, 0.29) is 17.8 Å². The molecular formula is C9H14N4O4. The van der Waals surface area contributed by atoms with Gasteiger partial charge in [0.15, 0.2) is 5.96 Å². The standard InChI is InChI=1S/C5H7NO3.C4H7N3O/c7-4-2-1-3(6-4)5(8)9;1-7-2-3(8)6-4(7)5/h3H,1-2H2,(H,6,7)(H,8,9);2H2,1H3,(H2,5,6,8). The lowest BCUT2D eigenvalue weighted by Gasteiger charge is -2.03. The van der Waals surface area contributed by atoms with Gasteiger partial charge in [0.1, 0.15) is 6.04 Å². The van der Waals surface area contributed by atoms with Crippen LogP contribution in [0.3, 0.4) is 0 Å². The smallest absolute Gasteiger partial charge is 0.326 e. The number of carbonyl (C=O) groups excluding carboxylic acids is 2. The van der Waals surface area contributed by atoms with Crippen molar-refractivity contribution in [1.82, 2.24) is 15.5 Å². The highest BCUT2D eigenvalue weighted by Crippen LogP contribution is 2.05. The topological polar surface area (TPSA) is 123 Å². The Hall–Kier alpha value is -2.12. The first kappa shape index (κ1) is 12.9. The van der Waals surface area contributed by atoms with Crippen molar-refractivity contribution in [3.63, 3.8) is 0 Å². The summed E-state index contributed by atoms with van der Waals surface area (Å²) in [6.45, 7) is 0.318. The van der Waals surface area contributed by atoms with E-state index >= 15 is 0 Å². The van der Waals surface area contributed by atoms with Crippen LogP contribution < -0.4 is 10.6 Å². The van der Waals surface area contributed by atoms with Crippen molar-refractivity contribution in [3.8, 4) is 0 Å². The van der Waals surface area contributed by atoms with Gasteiger partial charge in [-0.05, 0) is 6.42 Å². The average Bonchev–Trinajstić information content (AvgIpc) is 2.75. The molecule has 1 unspecified atom stereocenters. The number of guanidine groups is 1. The summed E-state index contributed by atoms with van der Waals surface area (Å²) in [6, 6.07) is -0.641. The van der Waals surface area contributed by atoms with Crippen LogP contribution in [0.5, 0.6) is 0 Å². The SMILES string of the molecule is CN1CC(=O)NC1=N.O=C1CCC(C(=O)O)N1. The van der Waals surface area contributed by atoms with Gasteiger partial charge in [0.2, 0.25) is 11.8 Å². The molecule has 0 saturated carbocycles. The van der Waals surface area contributed by atoms with Crippen LogP contribution in [0.2, 0.25) is 0 Å². The van der Waals surface area contributed by atoms with Crippen molar-refractivity contribution < 1.29 is 19.5 Å². The largest absolute Gasteiger partial charge is 0.480 e. The van der Waals surface area contributed by atoms with Gasteiger partial charge in [0.25, 0.3) is 0 Å². The molecule has 0 bridgehead atoms. The molecule has 2 amide bonds. The number of likely N-dealkylation sites (N-methyl/N-ethyl adjacent to an activating group) is 1. The molecule has 2 fully saturated rings. The molecule has 8 heteroatoms. The maximum absolute atomic E-state index is 10.4. The fraction of sp³-hybridized carbons (Fsp3) is 0.556. The zero-order valence-corrected chi connectivity index (χ0v) is 9.32. The second-order valence-electron chi connectivity index (χ2n) is 3.75. The molecule has 2 saturated heterocycles. The summed E-state index contributed by atoms with van der Waals surface area (Å²) >= 11 is 0. The zero-order valence-electron chi connectivity index (χ0n) is 9.32. The molecule has 0 aromatic rings. The Balaban J connectivity index is 0.000000171. The lowest BCUT2D eigenvalue weighted by molar-refractivity contribution is -0.140. The van der Waals surface area contributed by atoms with Crippen molar-refractivity contribution in [3.05, 3.63) is 0 Å². The van der Waals surface area contributed by atoms with E-state index in [1.807, 2.05) is 0 Å². The monoisotopic (exact) mass is 242 g/mol. The first-order chi connectivity index (χ1) is 7.90. The quantitative estimate of drug-likeness (QED) is 0.438. The number of rotatable bonds is 1. The number of nitrogens with one attached hydrogen (secondary N) is 3. The highest BCUT2D eigenvalue weighted by molar-refractivity contribution is 6.02. The van der Waals surface area contributed by atoms with Gasteiger partial charge >= 0.3 is 5.97 Å². The molecular weight excluding hydrogens is 228 g/mol. The van der Waals surface area contributed by atoms with Gasteiger partial charge in [-0.25, -0.2) is 4.79 Å². The van der Waals surface area contributed by atoms with E-state index in [9.17, 15) is 14.4 Å². The predicted molar refractivity (Wildman–Crippen MR) is 57.3 cm³/mol. The first-order valence-corrected chi connectivity index (χ1v) is 5.02. The zero-order chi connectivity index (χ0) is 13.0. The van der Waals surface area contributed by atoms with Gasteiger partial charge in [-0.15, -0.1) is 0 Å². The number of carbonyl (C=O) groups is 3. The molecule has 0 spiro atoms. The van der Waals surface area contributed by atoms with Gasteiger partial charge in [0, 0.05) is 13.5 Å². The van der Waals surface area contributed by atoms with E-state index in [4.69, 9.17) is 10.5 Å². The maximum Gasteiger partial charge on any atom is 0.326 e. The van der Waals surface area contributed by atoms with Crippen LogP contribution in [0, 0.1) is 5.41 Å². The van der Waals surface area contributed by atoms with Crippen LogP contribution in [0.4, 0.5) is 0 Å². The van der Waals surface area contributed by atoms with Crippen molar-refractivity contribution in [1.29, 1.82) is 5.41 Å². The number of nitrogens with zero attached hydrogens (tertiary/aromatic N) is 1. The fourth-order valence-corrected chi connectivity index (χ4v) is 1.36. The Bertz CT molecular complexity index is 368. The Morgan fingerprint density at radius 2 is 2.12 bits per heavy atom. The third kappa shape index (κ3) is 3.74. The highest BCUT2D eigenvalue weighted by Gasteiger charge is 2.26. The second kappa shape index (κ2) is 5.28. The van der Waals surface area contributed by atoms with Crippen molar-refractivity contribution >= 4 is 23.7 Å². The molecule has 94 valence electrons. The number of amides is 2. The van der Waals surface area contributed by atoms with Crippen LogP contribution in [-0.4, -0.2) is 53.4 Å². The van der Waals surface area contributed by atoms with Gasteiger partial charge < -0.3 is 15.3 Å². The van der Waals surface area contributed by atoms with E-state index in [1.165, 1.54) is 0 Å². The van der Waals surface area contributed by atoms with E-state index in [1.54, 1.807) is 11.9 Å². The molecule has 2 rings (SSSR count). The van der Waals surface area contributed by atoms with Crippen molar-refractivity contribution in [2.75, 3.05) is 13.6 Å². The Labute approximate surface area is 97.5 Å². The third-order valence-electron chi connectivity index (χ3n) is 2.31. The summed E-state index contributed by atoms with van der Waals surface area (Å²) in [5, 5.41) is 19.9. The van der Waals surface area contributed by atoms with Gasteiger partial charge in [-0.1, -0.05) is 0 Å². The number of carboxylic acid groups (broad SMARTS) is 1. The molecule has 0 aliphatic carbocycles. The molecule has 8 nitrogen and oxygen atoms in total. The van der Waals surface area contributed by atoms with Gasteiger partial charge in [0.05, 0.1) is 6.54 Å². The Kier molecular flexibility index (Phi) is 4.02. The number of hydrogen-bond acceptors (Lipinski definition) is 4. The summed E-state index contributed by atoms with van der Waals surface area (Å²) < 4.78 is 0. The molecule has 0 aromatic carbocycles. The first-order valence-electron chi connectivity index (χ1n) is 5.02. The average molecular weight is 242 g/mol. The van der Waals surface area contributed by atoms with Crippen LogP contribution in [0.25, 0.3) is 0 Å². The lowest BCUT2D eigenvalue weighted by Crippen LogP contribution is -2.32. The molecule has 2 aliphatic rings. The minimum Gasteiger partial charge on any atom is -0.480 e. The van der Waals surface area contributed by atoms with E-state index in [0.717, 1.165) is 0 Å². The summed E-state index contributed by atoms with van der Waals surface area (Å²) in [5.41, 5.74) is 0. The molecule has 4 N–H and O–H groups in total. The molecule has 0 radical (unpaired) electrons. The molecule has 1 atom stereocenters. The molecule has 17 heavy (non-hydrogen) atoms. The third-order valence-corrected chi connectivity index (χ3v) is 2.31. The molecule has 2 aliphatic heterocycles. The van der Waals surface area contributed by atoms with Crippen molar-refractivity contribution in [2.45, 2.75) is 18.9 Å². The summed E-state index contributed by atoms with van der Waals surface area (Å²) in [4.78, 5) is 32.4. The van der Waals surface area contributed by atoms with E-state index in [0.29, 0.717) is 19.4 Å². The number of hydrogen-bond donors (Lipinski definition) is 4. The van der Waals surface area contributed by atoms with E-state index in [2.05, 4.69) is 10.6 Å². The maximum atomic E-state index is 10.4. The minimum atomic E-state index is -0.944. The molecule has 2 heterocycles. The second-order valence-corrected chi connectivity index (χ2v) is 3.75. The van der Waals surface area contributed by atoms with Crippen LogP contribution in [0.1, 0.15) is 12.8 Å². The van der Waals surface area contributed by atoms with E-state index < -0.39 is 12.0 Å². The van der Waals surface area contributed by atoms with Gasteiger partial charge in [-0.3, -0.25) is 20.3 Å². The lowest BCUT2D eigenvalue weighted by atomic mass is 10.2.